The Bertz CT molecular complexity index is 412. The van der Waals surface area contributed by atoms with E-state index in [2.05, 4.69) is 4.98 Å². The number of aliphatic hydroxyl groups excluding tert-OH is 1. The van der Waals surface area contributed by atoms with E-state index < -0.39 is 0 Å². The van der Waals surface area contributed by atoms with Crippen LogP contribution in [0.2, 0.25) is 5.02 Å². The normalized spacial score (nSPS) is 10.8. The molecular weight excluding hydrogens is 194 g/mol. The first-order valence-electron chi connectivity index (χ1n) is 3.44. The predicted molar refractivity (Wildman–Crippen MR) is 50.6 cm³/mol. The summed E-state index contributed by atoms with van der Waals surface area (Å²) in [4.78, 5) is 4.14. The van der Waals surface area contributed by atoms with Crippen molar-refractivity contribution < 1.29 is 5.11 Å². The second kappa shape index (κ2) is 3.01. The van der Waals surface area contributed by atoms with Crippen LogP contribution < -0.4 is 0 Å². The summed E-state index contributed by atoms with van der Waals surface area (Å²) in [5.74, 6) is 0. The molecule has 0 spiro atoms. The third kappa shape index (κ3) is 1.10. The van der Waals surface area contributed by atoms with Crippen molar-refractivity contribution in [1.82, 2.24) is 4.98 Å². The second-order valence-electron chi connectivity index (χ2n) is 2.39. The van der Waals surface area contributed by atoms with Crippen molar-refractivity contribution in [3.8, 4) is 0 Å². The van der Waals surface area contributed by atoms with Crippen molar-refractivity contribution in [2.75, 3.05) is 0 Å². The Labute approximate surface area is 78.4 Å². The van der Waals surface area contributed by atoms with E-state index in [1.807, 2.05) is 5.38 Å². The number of pyridine rings is 1. The fraction of sp³-hybridized carbons (Fsp3) is 0.125. The SMILES string of the molecule is OCc1csc2c(Cl)ccnc12. The molecule has 0 aromatic carbocycles. The number of hydrogen-bond donors (Lipinski definition) is 1. The van der Waals surface area contributed by atoms with E-state index >= 15 is 0 Å². The lowest BCUT2D eigenvalue weighted by molar-refractivity contribution is 0.283. The van der Waals surface area contributed by atoms with Gasteiger partial charge in [0, 0.05) is 11.8 Å². The largest absolute Gasteiger partial charge is 0.392 e. The van der Waals surface area contributed by atoms with Crippen LogP contribution in [-0.4, -0.2) is 10.1 Å². The minimum Gasteiger partial charge on any atom is -0.392 e. The monoisotopic (exact) mass is 199 g/mol. The van der Waals surface area contributed by atoms with Gasteiger partial charge in [0.05, 0.1) is 21.8 Å². The molecule has 0 fully saturated rings. The summed E-state index contributed by atoms with van der Waals surface area (Å²) in [6.07, 6.45) is 1.65. The summed E-state index contributed by atoms with van der Waals surface area (Å²) in [7, 11) is 0. The summed E-state index contributed by atoms with van der Waals surface area (Å²) in [6, 6.07) is 1.75. The maximum absolute atomic E-state index is 8.94. The molecule has 0 saturated carbocycles. The minimum atomic E-state index is 0.0212. The van der Waals surface area contributed by atoms with E-state index in [9.17, 15) is 0 Å². The fourth-order valence-corrected chi connectivity index (χ4v) is 2.27. The first-order valence-corrected chi connectivity index (χ1v) is 4.70. The molecule has 2 rings (SSSR count). The van der Waals surface area contributed by atoms with E-state index in [0.29, 0.717) is 5.02 Å². The van der Waals surface area contributed by atoms with Crippen LogP contribution in [-0.2, 0) is 6.61 Å². The first kappa shape index (κ1) is 7.98. The van der Waals surface area contributed by atoms with Crippen molar-refractivity contribution in [1.29, 1.82) is 0 Å². The number of rotatable bonds is 1. The van der Waals surface area contributed by atoms with Crippen LogP contribution in [0.1, 0.15) is 5.56 Å². The second-order valence-corrected chi connectivity index (χ2v) is 3.68. The highest BCUT2D eigenvalue weighted by Crippen LogP contribution is 2.29. The Morgan fingerprint density at radius 1 is 1.58 bits per heavy atom. The highest BCUT2D eigenvalue weighted by molar-refractivity contribution is 7.18. The molecule has 0 aliphatic heterocycles. The van der Waals surface area contributed by atoms with Gasteiger partial charge < -0.3 is 5.11 Å². The lowest BCUT2D eigenvalue weighted by atomic mass is 10.3. The van der Waals surface area contributed by atoms with Crippen LogP contribution in [0.5, 0.6) is 0 Å². The number of nitrogens with zero attached hydrogens (tertiary/aromatic N) is 1. The van der Waals surface area contributed by atoms with Gasteiger partial charge in [0.1, 0.15) is 0 Å². The first-order chi connectivity index (χ1) is 5.83. The third-order valence-corrected chi connectivity index (χ3v) is 3.13. The topological polar surface area (TPSA) is 33.1 Å². The van der Waals surface area contributed by atoms with Crippen molar-refractivity contribution in [2.24, 2.45) is 0 Å². The van der Waals surface area contributed by atoms with Gasteiger partial charge in [-0.3, -0.25) is 4.98 Å². The minimum absolute atomic E-state index is 0.0212. The molecule has 2 nitrogen and oxygen atoms in total. The number of halogens is 1. The standard InChI is InChI=1S/C8H6ClNOS/c9-6-1-2-10-7-5(3-11)4-12-8(6)7/h1-2,4,11H,3H2. The summed E-state index contributed by atoms with van der Waals surface area (Å²) in [5, 5.41) is 11.5. The molecule has 1 N–H and O–H groups in total. The highest BCUT2D eigenvalue weighted by Gasteiger charge is 2.06. The molecule has 0 aliphatic rings. The number of hydrogen-bond acceptors (Lipinski definition) is 3. The number of aromatic nitrogens is 1. The van der Waals surface area contributed by atoms with Gasteiger partial charge in [-0.25, -0.2) is 0 Å². The zero-order chi connectivity index (χ0) is 8.55. The molecule has 0 radical (unpaired) electrons. The summed E-state index contributed by atoms with van der Waals surface area (Å²) in [5.41, 5.74) is 1.66. The molecule has 2 aromatic heterocycles. The van der Waals surface area contributed by atoms with Crippen LogP contribution in [0.25, 0.3) is 10.2 Å². The Balaban J connectivity index is 2.80. The molecule has 0 bridgehead atoms. The summed E-state index contributed by atoms with van der Waals surface area (Å²) >= 11 is 7.43. The number of fused-ring (bicyclic) bond motifs is 1. The van der Waals surface area contributed by atoms with E-state index in [0.717, 1.165) is 15.8 Å². The smallest absolute Gasteiger partial charge is 0.0880 e. The molecule has 2 heterocycles. The van der Waals surface area contributed by atoms with Gasteiger partial charge in [0.2, 0.25) is 0 Å². The maximum atomic E-state index is 8.94. The van der Waals surface area contributed by atoms with Crippen LogP contribution in [0.4, 0.5) is 0 Å². The van der Waals surface area contributed by atoms with E-state index in [4.69, 9.17) is 16.7 Å². The van der Waals surface area contributed by atoms with Gasteiger partial charge in [0.25, 0.3) is 0 Å². The van der Waals surface area contributed by atoms with Gasteiger partial charge in [-0.15, -0.1) is 11.3 Å². The molecule has 2 aromatic rings. The van der Waals surface area contributed by atoms with Crippen LogP contribution in [0.3, 0.4) is 0 Å². The maximum Gasteiger partial charge on any atom is 0.0880 e. The Morgan fingerprint density at radius 3 is 3.17 bits per heavy atom. The molecule has 0 atom stereocenters. The molecule has 12 heavy (non-hydrogen) atoms. The van der Waals surface area contributed by atoms with E-state index in [1.54, 1.807) is 12.3 Å². The average Bonchev–Trinajstić information content (AvgIpc) is 2.49. The lowest BCUT2D eigenvalue weighted by Gasteiger charge is -1.93. The van der Waals surface area contributed by atoms with Crippen LogP contribution >= 0.6 is 22.9 Å². The van der Waals surface area contributed by atoms with Gasteiger partial charge in [-0.1, -0.05) is 11.6 Å². The zero-order valence-electron chi connectivity index (χ0n) is 6.12. The van der Waals surface area contributed by atoms with Crippen LogP contribution in [0, 0.1) is 0 Å². The molecule has 62 valence electrons. The summed E-state index contributed by atoms with van der Waals surface area (Å²) < 4.78 is 0.947. The Kier molecular flexibility index (Phi) is 2.00. The van der Waals surface area contributed by atoms with Crippen molar-refractivity contribution in [3.63, 3.8) is 0 Å². The van der Waals surface area contributed by atoms with E-state index in [-0.39, 0.29) is 6.61 Å². The average molecular weight is 200 g/mol. The molecule has 4 heteroatoms. The zero-order valence-corrected chi connectivity index (χ0v) is 7.69. The Morgan fingerprint density at radius 2 is 2.42 bits per heavy atom. The van der Waals surface area contributed by atoms with Gasteiger partial charge in [0.15, 0.2) is 0 Å². The molecule has 0 unspecified atom stereocenters. The number of thiophene rings is 1. The van der Waals surface area contributed by atoms with Gasteiger partial charge in [-0.2, -0.15) is 0 Å². The fourth-order valence-electron chi connectivity index (χ4n) is 1.06. The highest BCUT2D eigenvalue weighted by atomic mass is 35.5. The molecular formula is C8H6ClNOS. The van der Waals surface area contributed by atoms with Gasteiger partial charge >= 0.3 is 0 Å². The lowest BCUT2D eigenvalue weighted by Crippen LogP contribution is -1.81. The van der Waals surface area contributed by atoms with E-state index in [1.165, 1.54) is 11.3 Å². The summed E-state index contributed by atoms with van der Waals surface area (Å²) in [6.45, 7) is 0.0212. The van der Waals surface area contributed by atoms with Gasteiger partial charge in [-0.05, 0) is 11.4 Å². The Hall–Kier alpha value is -0.640. The molecule has 0 amide bonds. The number of aliphatic hydroxyl groups is 1. The third-order valence-electron chi connectivity index (χ3n) is 1.65. The molecule has 0 saturated heterocycles. The van der Waals surface area contributed by atoms with Crippen molar-refractivity contribution in [2.45, 2.75) is 6.61 Å². The van der Waals surface area contributed by atoms with Crippen LogP contribution in [0.15, 0.2) is 17.6 Å². The van der Waals surface area contributed by atoms with Crippen molar-refractivity contribution in [3.05, 3.63) is 28.2 Å². The van der Waals surface area contributed by atoms with Crippen molar-refractivity contribution >= 4 is 33.2 Å². The quantitative estimate of drug-likeness (QED) is 0.766. The predicted octanol–water partition coefficient (Wildman–Crippen LogP) is 2.44. The molecule has 0 aliphatic carbocycles.